The van der Waals surface area contributed by atoms with Crippen molar-refractivity contribution in [3.05, 3.63) is 0 Å². The van der Waals surface area contributed by atoms with Crippen molar-refractivity contribution in [3.63, 3.8) is 0 Å². The van der Waals surface area contributed by atoms with Crippen LogP contribution in [0.5, 0.6) is 0 Å². The minimum Gasteiger partial charge on any atom is -0.300 e. The van der Waals surface area contributed by atoms with Gasteiger partial charge in [0.25, 0.3) is 0 Å². The number of hydrogen-bond donors (Lipinski definition) is 0. The second kappa shape index (κ2) is 2.54. The van der Waals surface area contributed by atoms with Crippen LogP contribution in [0.2, 0.25) is 0 Å². The van der Waals surface area contributed by atoms with Crippen molar-refractivity contribution in [1.29, 1.82) is 0 Å². The van der Waals surface area contributed by atoms with Gasteiger partial charge in [0.1, 0.15) is 0 Å². The third-order valence-corrected chi connectivity index (χ3v) is 2.69. The van der Waals surface area contributed by atoms with E-state index in [0.29, 0.717) is 5.41 Å². The summed E-state index contributed by atoms with van der Waals surface area (Å²) in [6, 6.07) is 0.751. The summed E-state index contributed by atoms with van der Waals surface area (Å²) in [6.45, 7) is 11.9. The van der Waals surface area contributed by atoms with Crippen LogP contribution in [-0.4, -0.2) is 24.0 Å². The first kappa shape index (κ1) is 8.06. The SMILES string of the molecule is CC(N1CCC1)C(C)(C)C. The molecular formula is C9H19N. The van der Waals surface area contributed by atoms with Crippen LogP contribution in [0.4, 0.5) is 0 Å². The zero-order chi connectivity index (χ0) is 7.78. The lowest BCUT2D eigenvalue weighted by Crippen LogP contribution is -2.49. The van der Waals surface area contributed by atoms with E-state index in [0.717, 1.165) is 6.04 Å². The molecule has 1 fully saturated rings. The van der Waals surface area contributed by atoms with Crippen LogP contribution in [0.3, 0.4) is 0 Å². The second-order valence-corrected chi connectivity index (χ2v) is 4.43. The Morgan fingerprint density at radius 3 is 1.80 bits per heavy atom. The molecule has 60 valence electrons. The molecule has 0 aromatic carbocycles. The van der Waals surface area contributed by atoms with E-state index in [-0.39, 0.29) is 0 Å². The largest absolute Gasteiger partial charge is 0.300 e. The molecule has 1 saturated heterocycles. The first-order valence-electron chi connectivity index (χ1n) is 4.26. The van der Waals surface area contributed by atoms with Gasteiger partial charge in [-0.25, -0.2) is 0 Å². The Labute approximate surface area is 64.4 Å². The highest BCUT2D eigenvalue weighted by atomic mass is 15.2. The van der Waals surface area contributed by atoms with E-state index in [1.807, 2.05) is 0 Å². The summed E-state index contributed by atoms with van der Waals surface area (Å²) < 4.78 is 0. The molecule has 1 rings (SSSR count). The lowest BCUT2D eigenvalue weighted by Gasteiger charge is -2.43. The fourth-order valence-corrected chi connectivity index (χ4v) is 1.28. The summed E-state index contributed by atoms with van der Waals surface area (Å²) in [4.78, 5) is 2.56. The van der Waals surface area contributed by atoms with Crippen LogP contribution < -0.4 is 0 Å². The molecule has 1 heterocycles. The van der Waals surface area contributed by atoms with Crippen LogP contribution >= 0.6 is 0 Å². The standard InChI is InChI=1S/C9H19N/c1-8(9(2,3)4)10-6-5-7-10/h8H,5-7H2,1-4H3. The average Bonchev–Trinajstić information content (AvgIpc) is 1.57. The Hall–Kier alpha value is -0.0400. The first-order valence-corrected chi connectivity index (χ1v) is 4.26. The van der Waals surface area contributed by atoms with Gasteiger partial charge in [-0.15, -0.1) is 0 Å². The van der Waals surface area contributed by atoms with Crippen molar-refractivity contribution >= 4 is 0 Å². The van der Waals surface area contributed by atoms with Crippen molar-refractivity contribution in [1.82, 2.24) is 4.90 Å². The maximum atomic E-state index is 2.56. The Morgan fingerprint density at radius 1 is 1.20 bits per heavy atom. The van der Waals surface area contributed by atoms with Gasteiger partial charge in [-0.2, -0.15) is 0 Å². The summed E-state index contributed by atoms with van der Waals surface area (Å²) in [6.07, 6.45) is 1.40. The van der Waals surface area contributed by atoms with Gasteiger partial charge >= 0.3 is 0 Å². The summed E-state index contributed by atoms with van der Waals surface area (Å²) >= 11 is 0. The third-order valence-electron chi connectivity index (χ3n) is 2.69. The fourth-order valence-electron chi connectivity index (χ4n) is 1.28. The van der Waals surface area contributed by atoms with E-state index in [1.165, 1.54) is 19.5 Å². The van der Waals surface area contributed by atoms with E-state index in [2.05, 4.69) is 32.6 Å². The third kappa shape index (κ3) is 1.51. The second-order valence-electron chi connectivity index (χ2n) is 4.43. The lowest BCUT2D eigenvalue weighted by atomic mass is 9.85. The van der Waals surface area contributed by atoms with Gasteiger partial charge in [0.05, 0.1) is 0 Å². The predicted molar refractivity (Wildman–Crippen MR) is 45.1 cm³/mol. The molecule has 1 unspecified atom stereocenters. The molecule has 0 saturated carbocycles. The molecule has 1 heteroatoms. The zero-order valence-electron chi connectivity index (χ0n) is 7.65. The molecule has 10 heavy (non-hydrogen) atoms. The van der Waals surface area contributed by atoms with Gasteiger partial charge in [0, 0.05) is 6.04 Å². The summed E-state index contributed by atoms with van der Waals surface area (Å²) in [5.41, 5.74) is 0.459. The molecule has 0 spiro atoms. The molecule has 0 aromatic heterocycles. The molecule has 0 bridgehead atoms. The van der Waals surface area contributed by atoms with Gasteiger partial charge in [0.15, 0.2) is 0 Å². The molecule has 0 radical (unpaired) electrons. The smallest absolute Gasteiger partial charge is 0.0115 e. The van der Waals surface area contributed by atoms with Crippen molar-refractivity contribution in [2.45, 2.75) is 40.2 Å². The Bertz CT molecular complexity index is 108. The van der Waals surface area contributed by atoms with Crippen LogP contribution in [0.25, 0.3) is 0 Å². The quantitative estimate of drug-likeness (QED) is 0.540. The average molecular weight is 141 g/mol. The van der Waals surface area contributed by atoms with Gasteiger partial charge in [0.2, 0.25) is 0 Å². The van der Waals surface area contributed by atoms with Crippen molar-refractivity contribution in [2.75, 3.05) is 13.1 Å². The minimum absolute atomic E-state index is 0.459. The highest BCUT2D eigenvalue weighted by molar-refractivity contribution is 4.83. The van der Waals surface area contributed by atoms with E-state index >= 15 is 0 Å². The molecule has 0 aromatic rings. The molecule has 0 N–H and O–H groups in total. The van der Waals surface area contributed by atoms with Gasteiger partial charge < -0.3 is 4.90 Å². The highest BCUT2D eigenvalue weighted by Gasteiger charge is 2.29. The number of rotatable bonds is 1. The molecule has 1 atom stereocenters. The summed E-state index contributed by atoms with van der Waals surface area (Å²) in [5.74, 6) is 0. The summed E-state index contributed by atoms with van der Waals surface area (Å²) in [5, 5.41) is 0. The molecular weight excluding hydrogens is 122 g/mol. The fraction of sp³-hybridized carbons (Fsp3) is 1.00. The Balaban J connectivity index is 2.39. The maximum absolute atomic E-state index is 2.56. The van der Waals surface area contributed by atoms with Crippen LogP contribution in [0.1, 0.15) is 34.1 Å². The Morgan fingerprint density at radius 2 is 1.70 bits per heavy atom. The van der Waals surface area contributed by atoms with Crippen molar-refractivity contribution in [2.24, 2.45) is 5.41 Å². The maximum Gasteiger partial charge on any atom is 0.0115 e. The van der Waals surface area contributed by atoms with E-state index < -0.39 is 0 Å². The monoisotopic (exact) mass is 141 g/mol. The molecule has 1 aliphatic heterocycles. The lowest BCUT2D eigenvalue weighted by molar-refractivity contribution is 0.0585. The molecule has 1 aliphatic rings. The van der Waals surface area contributed by atoms with Crippen LogP contribution in [-0.2, 0) is 0 Å². The number of hydrogen-bond acceptors (Lipinski definition) is 1. The van der Waals surface area contributed by atoms with Gasteiger partial charge in [-0.1, -0.05) is 20.8 Å². The van der Waals surface area contributed by atoms with E-state index in [4.69, 9.17) is 0 Å². The van der Waals surface area contributed by atoms with E-state index in [9.17, 15) is 0 Å². The van der Waals surface area contributed by atoms with Gasteiger partial charge in [-0.05, 0) is 31.8 Å². The summed E-state index contributed by atoms with van der Waals surface area (Å²) in [7, 11) is 0. The molecule has 0 aliphatic carbocycles. The first-order chi connectivity index (χ1) is 4.52. The number of likely N-dealkylation sites (tertiary alicyclic amines) is 1. The van der Waals surface area contributed by atoms with E-state index in [1.54, 1.807) is 0 Å². The Kier molecular flexibility index (Phi) is 2.04. The predicted octanol–water partition coefficient (Wildman–Crippen LogP) is 2.13. The van der Waals surface area contributed by atoms with Gasteiger partial charge in [-0.3, -0.25) is 0 Å². The molecule has 1 nitrogen and oxygen atoms in total. The van der Waals surface area contributed by atoms with Crippen LogP contribution in [0.15, 0.2) is 0 Å². The molecule has 0 amide bonds. The number of nitrogens with zero attached hydrogens (tertiary/aromatic N) is 1. The minimum atomic E-state index is 0.459. The normalized spacial score (nSPS) is 24.0. The van der Waals surface area contributed by atoms with Crippen molar-refractivity contribution in [3.8, 4) is 0 Å². The zero-order valence-corrected chi connectivity index (χ0v) is 7.65. The highest BCUT2D eigenvalue weighted by Crippen LogP contribution is 2.26. The van der Waals surface area contributed by atoms with Crippen LogP contribution in [0, 0.1) is 5.41 Å². The van der Waals surface area contributed by atoms with Crippen molar-refractivity contribution < 1.29 is 0 Å². The topological polar surface area (TPSA) is 3.24 Å².